The highest BCUT2D eigenvalue weighted by atomic mass is 32.2. The number of para-hydroxylation sites is 1. The molecule has 35 heavy (non-hydrogen) atoms. The fourth-order valence-corrected chi connectivity index (χ4v) is 4.26. The third-order valence-electron chi connectivity index (χ3n) is 5.33. The zero-order valence-corrected chi connectivity index (χ0v) is 21.3. The molecule has 2 rings (SSSR count). The summed E-state index contributed by atoms with van der Waals surface area (Å²) in [7, 11) is 0. The van der Waals surface area contributed by atoms with E-state index in [2.05, 4.69) is 0 Å². The highest BCUT2D eigenvalue weighted by Crippen LogP contribution is 2.38. The number of aliphatic hydroxyl groups is 1. The van der Waals surface area contributed by atoms with Crippen molar-refractivity contribution in [2.24, 2.45) is 0 Å². The van der Waals surface area contributed by atoms with Crippen molar-refractivity contribution < 1.29 is 33.7 Å². The number of carbonyl (C=O) groups is 3. The number of ketones is 1. The molecule has 1 N–H and O–H groups in total. The van der Waals surface area contributed by atoms with Crippen molar-refractivity contribution in [3.63, 3.8) is 0 Å². The van der Waals surface area contributed by atoms with Gasteiger partial charge in [-0.25, -0.2) is 0 Å². The molecular weight excluding hydrogens is 468 g/mol. The van der Waals surface area contributed by atoms with Gasteiger partial charge in [-0.1, -0.05) is 30.4 Å². The van der Waals surface area contributed by atoms with Gasteiger partial charge < -0.3 is 19.3 Å². The van der Waals surface area contributed by atoms with Gasteiger partial charge in [0.15, 0.2) is 5.78 Å². The molecule has 1 aliphatic rings. The molecule has 1 aliphatic carbocycles. The fourth-order valence-electron chi connectivity index (χ4n) is 3.65. The number of rotatable bonds is 14. The number of unbranched alkanes of at least 4 members (excludes halogenated alkanes) is 1. The molecule has 0 aliphatic heterocycles. The SMILES string of the molecule is CSC1=CC(O)(CCCCOc2ccccc2)C(=CC=CC(CCCOC(C)=O)OC(C)=O)C1=O. The maximum absolute atomic E-state index is 12.8. The summed E-state index contributed by atoms with van der Waals surface area (Å²) in [6.45, 7) is 3.40. The van der Waals surface area contributed by atoms with Gasteiger partial charge in [0.25, 0.3) is 0 Å². The average molecular weight is 503 g/mol. The second-order valence-electron chi connectivity index (χ2n) is 8.18. The topological polar surface area (TPSA) is 99.1 Å². The Morgan fingerprint density at radius 2 is 1.83 bits per heavy atom. The van der Waals surface area contributed by atoms with E-state index in [-0.39, 0.29) is 18.4 Å². The van der Waals surface area contributed by atoms with Gasteiger partial charge in [-0.3, -0.25) is 14.4 Å². The van der Waals surface area contributed by atoms with Crippen LogP contribution in [0.5, 0.6) is 5.75 Å². The number of carbonyl (C=O) groups excluding carboxylic acids is 3. The van der Waals surface area contributed by atoms with Crippen LogP contribution in [-0.2, 0) is 23.9 Å². The number of allylic oxidation sites excluding steroid dienone is 3. The molecule has 0 saturated carbocycles. The van der Waals surface area contributed by atoms with Crippen LogP contribution in [0.25, 0.3) is 0 Å². The Kier molecular flexibility index (Phi) is 11.8. The normalized spacial score (nSPS) is 19.6. The Morgan fingerprint density at radius 1 is 1.09 bits per heavy atom. The van der Waals surface area contributed by atoms with Crippen molar-refractivity contribution >= 4 is 29.5 Å². The molecule has 0 bridgehead atoms. The summed E-state index contributed by atoms with van der Waals surface area (Å²) in [6, 6.07) is 9.53. The lowest BCUT2D eigenvalue weighted by atomic mass is 9.90. The van der Waals surface area contributed by atoms with Gasteiger partial charge in [-0.05, 0) is 62.6 Å². The Bertz CT molecular complexity index is 952. The summed E-state index contributed by atoms with van der Waals surface area (Å²) in [5.41, 5.74) is -1.07. The van der Waals surface area contributed by atoms with Crippen LogP contribution in [-0.4, -0.2) is 54.0 Å². The molecule has 0 saturated heterocycles. The molecule has 0 heterocycles. The summed E-state index contributed by atoms with van der Waals surface area (Å²) in [6.07, 6.45) is 10.5. The van der Waals surface area contributed by atoms with E-state index in [1.165, 1.54) is 25.6 Å². The van der Waals surface area contributed by atoms with Gasteiger partial charge in [-0.15, -0.1) is 11.8 Å². The van der Waals surface area contributed by atoms with Gasteiger partial charge in [-0.2, -0.15) is 0 Å². The second kappa shape index (κ2) is 14.5. The number of thioether (sulfide) groups is 1. The zero-order valence-electron chi connectivity index (χ0n) is 20.5. The van der Waals surface area contributed by atoms with E-state index >= 15 is 0 Å². The van der Waals surface area contributed by atoms with E-state index in [0.29, 0.717) is 42.8 Å². The fraction of sp³-hybridized carbons (Fsp3) is 0.444. The van der Waals surface area contributed by atoms with E-state index in [9.17, 15) is 19.5 Å². The summed E-state index contributed by atoms with van der Waals surface area (Å²) in [5.74, 6) is -0.203. The Morgan fingerprint density at radius 3 is 2.49 bits per heavy atom. The van der Waals surface area contributed by atoms with Crippen molar-refractivity contribution in [3.8, 4) is 5.75 Å². The molecule has 190 valence electrons. The van der Waals surface area contributed by atoms with Crippen LogP contribution in [0.15, 0.2) is 65.1 Å². The van der Waals surface area contributed by atoms with E-state index in [1.54, 1.807) is 30.6 Å². The smallest absolute Gasteiger partial charge is 0.303 e. The van der Waals surface area contributed by atoms with Crippen LogP contribution in [0.4, 0.5) is 0 Å². The van der Waals surface area contributed by atoms with E-state index < -0.39 is 17.7 Å². The predicted octanol–water partition coefficient (Wildman–Crippen LogP) is 4.55. The number of hydrogen-bond acceptors (Lipinski definition) is 8. The number of esters is 2. The molecule has 2 atom stereocenters. The lowest BCUT2D eigenvalue weighted by molar-refractivity contribution is -0.146. The van der Waals surface area contributed by atoms with Crippen LogP contribution in [0.2, 0.25) is 0 Å². The Labute approximate surface area is 211 Å². The number of hydrogen-bond donors (Lipinski definition) is 1. The van der Waals surface area contributed by atoms with Crippen molar-refractivity contribution in [1.82, 2.24) is 0 Å². The first kappa shape index (κ1) is 28.4. The first-order valence-corrected chi connectivity index (χ1v) is 12.9. The number of benzene rings is 1. The van der Waals surface area contributed by atoms with Gasteiger partial charge in [0.1, 0.15) is 17.5 Å². The molecule has 0 aromatic heterocycles. The molecule has 1 aromatic carbocycles. The standard InChI is InChI=1S/C27H34O7S/c1-20(28)32-18-10-14-23(34-21(2)29)13-9-15-24-26(30)25(35-3)19-27(24,31)16-7-8-17-33-22-11-5-4-6-12-22/h4-6,9,11-13,15,19,23,31H,7-8,10,14,16-18H2,1-3H3. The quantitative estimate of drug-likeness (QED) is 0.225. The summed E-state index contributed by atoms with van der Waals surface area (Å²) < 4.78 is 15.9. The summed E-state index contributed by atoms with van der Waals surface area (Å²) in [5, 5.41) is 11.3. The average Bonchev–Trinajstić information content (AvgIpc) is 3.06. The molecule has 7 nitrogen and oxygen atoms in total. The first-order valence-electron chi connectivity index (χ1n) is 11.7. The third-order valence-corrected chi connectivity index (χ3v) is 6.08. The Balaban J connectivity index is 1.99. The number of ether oxygens (including phenoxy) is 3. The molecule has 2 unspecified atom stereocenters. The molecule has 0 spiro atoms. The van der Waals surface area contributed by atoms with Crippen LogP contribution in [0.1, 0.15) is 46.0 Å². The minimum absolute atomic E-state index is 0.205. The number of Topliss-reactive ketones (excluding diaryl/α,β-unsaturated/α-hetero) is 1. The second-order valence-corrected chi connectivity index (χ2v) is 9.03. The van der Waals surface area contributed by atoms with E-state index in [1.807, 2.05) is 30.3 Å². The monoisotopic (exact) mass is 502 g/mol. The van der Waals surface area contributed by atoms with E-state index in [4.69, 9.17) is 14.2 Å². The maximum Gasteiger partial charge on any atom is 0.303 e. The minimum atomic E-state index is -1.36. The summed E-state index contributed by atoms with van der Waals surface area (Å²) in [4.78, 5) is 35.7. The predicted molar refractivity (Wildman–Crippen MR) is 136 cm³/mol. The van der Waals surface area contributed by atoms with Crippen LogP contribution < -0.4 is 4.74 Å². The molecule has 0 amide bonds. The van der Waals surface area contributed by atoms with Gasteiger partial charge in [0.2, 0.25) is 0 Å². The molecule has 1 aromatic rings. The highest BCUT2D eigenvalue weighted by molar-refractivity contribution is 8.03. The van der Waals surface area contributed by atoms with Gasteiger partial charge >= 0.3 is 11.9 Å². The van der Waals surface area contributed by atoms with E-state index in [0.717, 1.165) is 12.2 Å². The van der Waals surface area contributed by atoms with Gasteiger partial charge in [0, 0.05) is 19.4 Å². The third kappa shape index (κ3) is 9.74. The van der Waals surface area contributed by atoms with Gasteiger partial charge in [0.05, 0.1) is 18.1 Å². The van der Waals surface area contributed by atoms with Crippen molar-refractivity contribution in [2.45, 2.75) is 57.7 Å². The first-order chi connectivity index (χ1) is 16.7. The zero-order chi connectivity index (χ0) is 25.7. The molecule has 0 fully saturated rings. The highest BCUT2D eigenvalue weighted by Gasteiger charge is 2.40. The largest absolute Gasteiger partial charge is 0.494 e. The van der Waals surface area contributed by atoms with Crippen LogP contribution in [0, 0.1) is 0 Å². The van der Waals surface area contributed by atoms with Crippen LogP contribution in [0.3, 0.4) is 0 Å². The summed E-state index contributed by atoms with van der Waals surface area (Å²) >= 11 is 1.30. The minimum Gasteiger partial charge on any atom is -0.494 e. The lowest BCUT2D eigenvalue weighted by Crippen LogP contribution is -2.28. The molecule has 8 heteroatoms. The van der Waals surface area contributed by atoms with Crippen LogP contribution >= 0.6 is 11.8 Å². The lowest BCUT2D eigenvalue weighted by Gasteiger charge is -2.22. The van der Waals surface area contributed by atoms with Crippen molar-refractivity contribution in [2.75, 3.05) is 19.5 Å². The maximum atomic E-state index is 12.8. The Hall–Kier alpha value is -2.84. The van der Waals surface area contributed by atoms with Crippen molar-refractivity contribution in [1.29, 1.82) is 0 Å². The molecular formula is C27H34O7S. The van der Waals surface area contributed by atoms with Crippen molar-refractivity contribution in [3.05, 3.63) is 65.1 Å². The molecule has 0 radical (unpaired) electrons.